The second-order valence-electron chi connectivity index (χ2n) is 16.4. The summed E-state index contributed by atoms with van der Waals surface area (Å²) in [6, 6.07) is -0.894. The number of hydrogen-bond donors (Lipinski definition) is 2. The van der Waals surface area contributed by atoms with Gasteiger partial charge in [0.25, 0.3) is 7.82 Å². The first-order valence-corrected chi connectivity index (χ1v) is 23.7. The highest BCUT2D eigenvalue weighted by Gasteiger charge is 2.23. The predicted molar refractivity (Wildman–Crippen MR) is 224 cm³/mol. The molecular weight excluding hydrogens is 683 g/mol. The van der Waals surface area contributed by atoms with E-state index in [1.165, 1.54) is 141 Å². The number of quaternary nitrogens is 1. The second-order valence-corrected chi connectivity index (χ2v) is 17.8. The maximum Gasteiger partial charge on any atom is 0.268 e. The van der Waals surface area contributed by atoms with Crippen molar-refractivity contribution in [2.75, 3.05) is 40.9 Å². The molecule has 53 heavy (non-hydrogen) atoms. The Hall–Kier alpha value is -1.02. The molecule has 3 unspecified atom stereocenters. The minimum Gasteiger partial charge on any atom is -0.756 e. The number of hydrogen-bond acceptors (Lipinski definition) is 6. The van der Waals surface area contributed by atoms with E-state index in [2.05, 4.69) is 31.3 Å². The number of aliphatic hydroxyl groups excluding tert-OH is 1. The summed E-state index contributed by atoms with van der Waals surface area (Å²) in [5.41, 5.74) is 0. The zero-order valence-electron chi connectivity index (χ0n) is 35.5. The van der Waals surface area contributed by atoms with Crippen molar-refractivity contribution in [2.45, 2.75) is 212 Å². The minimum absolute atomic E-state index is 0.00602. The fraction of sp³-hybridized carbons (Fsp3) is 0.886. The zero-order valence-corrected chi connectivity index (χ0v) is 36.4. The van der Waals surface area contributed by atoms with Crippen LogP contribution in [0.3, 0.4) is 0 Å². The van der Waals surface area contributed by atoms with E-state index in [9.17, 15) is 19.4 Å². The quantitative estimate of drug-likeness (QED) is 0.0278. The van der Waals surface area contributed by atoms with Crippen LogP contribution in [0.25, 0.3) is 0 Å². The first-order chi connectivity index (χ1) is 25.5. The van der Waals surface area contributed by atoms with Crippen molar-refractivity contribution in [3.63, 3.8) is 0 Å². The average Bonchev–Trinajstić information content (AvgIpc) is 3.10. The standard InChI is InChI=1S/C44H87N2O6P/c1-6-8-10-11-12-13-14-15-16-17-18-19-20-21-22-23-24-25-26-27-28-29-30-31-32-33-34-36-37-43(47)42(45-44(48)38-35-9-7-2)41-52-53(49,50)51-40-39-46(3,4)5/h31-32,36-37,42-43,47H,6-30,33-35,38-41H2,1-5H3,(H-,45,48,49,50)/b32-31+,37-36+. The van der Waals surface area contributed by atoms with Gasteiger partial charge < -0.3 is 28.8 Å². The number of likely N-dealkylation sites (N-methyl/N-ethyl adjacent to an activating group) is 1. The van der Waals surface area contributed by atoms with Gasteiger partial charge in [0.2, 0.25) is 5.91 Å². The van der Waals surface area contributed by atoms with Crippen molar-refractivity contribution >= 4 is 13.7 Å². The molecule has 1 amide bonds. The Balaban J connectivity index is 3.95. The van der Waals surface area contributed by atoms with Gasteiger partial charge in [-0.15, -0.1) is 0 Å². The molecule has 3 atom stereocenters. The van der Waals surface area contributed by atoms with Gasteiger partial charge in [-0.3, -0.25) is 9.36 Å². The monoisotopic (exact) mass is 771 g/mol. The number of aliphatic hydroxyl groups is 1. The highest BCUT2D eigenvalue weighted by molar-refractivity contribution is 7.45. The van der Waals surface area contributed by atoms with Gasteiger partial charge in [0.05, 0.1) is 39.9 Å². The first-order valence-electron chi connectivity index (χ1n) is 22.2. The molecule has 314 valence electrons. The van der Waals surface area contributed by atoms with Crippen LogP contribution in [0.15, 0.2) is 24.3 Å². The van der Waals surface area contributed by atoms with Crippen molar-refractivity contribution < 1.29 is 32.9 Å². The Bertz CT molecular complexity index is 922. The number of allylic oxidation sites excluding steroid dienone is 3. The van der Waals surface area contributed by atoms with E-state index in [1.54, 1.807) is 6.08 Å². The van der Waals surface area contributed by atoms with Crippen LogP contribution in [-0.2, 0) is 18.4 Å². The highest BCUT2D eigenvalue weighted by atomic mass is 31.2. The lowest BCUT2D eigenvalue weighted by Crippen LogP contribution is -2.45. The average molecular weight is 771 g/mol. The minimum atomic E-state index is -4.57. The zero-order chi connectivity index (χ0) is 39.3. The van der Waals surface area contributed by atoms with Crippen molar-refractivity contribution in [1.82, 2.24) is 5.32 Å². The summed E-state index contributed by atoms with van der Waals surface area (Å²) in [6.45, 7) is 4.45. The van der Waals surface area contributed by atoms with Crippen molar-refractivity contribution in [2.24, 2.45) is 0 Å². The van der Waals surface area contributed by atoms with Crippen LogP contribution in [0.5, 0.6) is 0 Å². The molecule has 0 aromatic heterocycles. The maximum atomic E-state index is 12.5. The van der Waals surface area contributed by atoms with E-state index >= 15 is 0 Å². The molecule has 0 heterocycles. The van der Waals surface area contributed by atoms with Gasteiger partial charge >= 0.3 is 0 Å². The smallest absolute Gasteiger partial charge is 0.268 e. The van der Waals surface area contributed by atoms with Crippen LogP contribution < -0.4 is 10.2 Å². The summed E-state index contributed by atoms with van der Waals surface area (Å²) in [4.78, 5) is 24.7. The topological polar surface area (TPSA) is 108 Å². The van der Waals surface area contributed by atoms with Gasteiger partial charge in [-0.25, -0.2) is 0 Å². The number of nitrogens with zero attached hydrogens (tertiary/aromatic N) is 1. The van der Waals surface area contributed by atoms with Gasteiger partial charge in [0, 0.05) is 6.42 Å². The number of amides is 1. The molecule has 0 aliphatic heterocycles. The predicted octanol–water partition coefficient (Wildman–Crippen LogP) is 11.5. The van der Waals surface area contributed by atoms with Gasteiger partial charge in [-0.2, -0.15) is 0 Å². The molecule has 0 radical (unpaired) electrons. The molecule has 9 heteroatoms. The molecule has 2 N–H and O–H groups in total. The molecule has 0 rings (SSSR count). The number of nitrogens with one attached hydrogen (secondary N) is 1. The van der Waals surface area contributed by atoms with Crippen LogP contribution in [-0.4, -0.2) is 68.5 Å². The van der Waals surface area contributed by atoms with E-state index < -0.39 is 26.6 Å². The third kappa shape index (κ3) is 39.0. The number of carbonyl (C=O) groups excluding carboxylic acids is 1. The van der Waals surface area contributed by atoms with Crippen LogP contribution >= 0.6 is 7.82 Å². The molecule has 0 aliphatic rings. The maximum absolute atomic E-state index is 12.5. The van der Waals surface area contributed by atoms with Gasteiger partial charge in [-0.1, -0.05) is 186 Å². The molecule has 0 fully saturated rings. The molecule has 0 aromatic carbocycles. The Labute approximate surface area is 328 Å². The normalized spacial score (nSPS) is 14.6. The number of unbranched alkanes of at least 4 members (excludes halogenated alkanes) is 25. The lowest BCUT2D eigenvalue weighted by molar-refractivity contribution is -0.870. The second kappa shape index (κ2) is 36.6. The summed E-state index contributed by atoms with van der Waals surface area (Å²) in [6.07, 6.45) is 43.4. The summed E-state index contributed by atoms with van der Waals surface area (Å²) in [5.74, 6) is -0.232. The van der Waals surface area contributed by atoms with Gasteiger partial charge in [-0.05, 0) is 32.1 Å². The lowest BCUT2D eigenvalue weighted by Gasteiger charge is -2.29. The Morgan fingerprint density at radius 3 is 1.53 bits per heavy atom. The van der Waals surface area contributed by atoms with Crippen LogP contribution in [0, 0.1) is 0 Å². The van der Waals surface area contributed by atoms with E-state index in [-0.39, 0.29) is 12.5 Å². The number of phosphoric acid groups is 1. The van der Waals surface area contributed by atoms with Crippen molar-refractivity contribution in [1.29, 1.82) is 0 Å². The molecule has 0 aromatic rings. The molecule has 0 saturated heterocycles. The van der Waals surface area contributed by atoms with Gasteiger partial charge in [0.1, 0.15) is 13.2 Å². The van der Waals surface area contributed by atoms with Crippen LogP contribution in [0.4, 0.5) is 0 Å². The summed E-state index contributed by atoms with van der Waals surface area (Å²) >= 11 is 0. The Kier molecular flexibility index (Phi) is 35.9. The number of carbonyl (C=O) groups is 1. The number of rotatable bonds is 40. The molecule has 0 aliphatic carbocycles. The summed E-state index contributed by atoms with van der Waals surface area (Å²) in [5, 5.41) is 13.5. The van der Waals surface area contributed by atoms with E-state index in [4.69, 9.17) is 9.05 Å². The third-order valence-corrected chi connectivity index (χ3v) is 10.9. The first kappa shape index (κ1) is 52.0. The third-order valence-electron chi connectivity index (χ3n) is 9.91. The van der Waals surface area contributed by atoms with Crippen LogP contribution in [0.2, 0.25) is 0 Å². The van der Waals surface area contributed by atoms with Crippen molar-refractivity contribution in [3.8, 4) is 0 Å². The number of phosphoric ester groups is 1. The van der Waals surface area contributed by atoms with E-state index in [0.29, 0.717) is 17.4 Å². The van der Waals surface area contributed by atoms with E-state index in [0.717, 1.165) is 38.5 Å². The summed E-state index contributed by atoms with van der Waals surface area (Å²) < 4.78 is 22.9. The SMILES string of the molecule is CCCCCCCCCCCCCCCCCCCCCCCC/C=C/CC/C=C/C(O)C(COP(=O)([O-])OCC[N+](C)(C)C)NC(=O)CCCCC. The summed E-state index contributed by atoms with van der Waals surface area (Å²) in [7, 11) is 1.24. The molecule has 0 saturated carbocycles. The fourth-order valence-electron chi connectivity index (χ4n) is 6.34. The highest BCUT2D eigenvalue weighted by Crippen LogP contribution is 2.38. The fourth-order valence-corrected chi connectivity index (χ4v) is 7.07. The van der Waals surface area contributed by atoms with Crippen molar-refractivity contribution in [3.05, 3.63) is 24.3 Å². The molecule has 8 nitrogen and oxygen atoms in total. The molecule has 0 bridgehead atoms. The molecule has 0 spiro atoms. The van der Waals surface area contributed by atoms with E-state index in [1.807, 2.05) is 27.2 Å². The Morgan fingerprint density at radius 1 is 0.642 bits per heavy atom. The molecular formula is C44H87N2O6P. The van der Waals surface area contributed by atoms with Gasteiger partial charge in [0.15, 0.2) is 0 Å². The Morgan fingerprint density at radius 2 is 1.06 bits per heavy atom. The largest absolute Gasteiger partial charge is 0.756 e. The van der Waals surface area contributed by atoms with Crippen LogP contribution in [0.1, 0.15) is 200 Å². The lowest BCUT2D eigenvalue weighted by atomic mass is 10.0.